The Morgan fingerprint density at radius 1 is 1.00 bits per heavy atom. The van der Waals surface area contributed by atoms with Gasteiger partial charge in [-0.15, -0.1) is 0 Å². The molecule has 0 spiro atoms. The molecule has 7 nitrogen and oxygen atoms in total. The van der Waals surface area contributed by atoms with Gasteiger partial charge in [-0.3, -0.25) is 9.59 Å². The fourth-order valence-corrected chi connectivity index (χ4v) is 2.53. The maximum Gasteiger partial charge on any atom is 0.407 e. The van der Waals surface area contributed by atoms with E-state index in [9.17, 15) is 18.8 Å². The fourth-order valence-electron chi connectivity index (χ4n) is 2.53. The lowest BCUT2D eigenvalue weighted by Crippen LogP contribution is -2.41. The molecule has 0 aliphatic heterocycles. The van der Waals surface area contributed by atoms with Gasteiger partial charge in [-0.25, -0.2) is 9.18 Å². The van der Waals surface area contributed by atoms with Gasteiger partial charge in [0.25, 0.3) is 0 Å². The molecule has 0 heterocycles. The van der Waals surface area contributed by atoms with E-state index in [4.69, 9.17) is 14.2 Å². The van der Waals surface area contributed by atoms with Crippen LogP contribution in [0.2, 0.25) is 0 Å². The van der Waals surface area contributed by atoms with Crippen molar-refractivity contribution in [3.63, 3.8) is 0 Å². The highest BCUT2D eigenvalue weighted by Crippen LogP contribution is 2.28. The summed E-state index contributed by atoms with van der Waals surface area (Å²) < 4.78 is 28.7. The summed E-state index contributed by atoms with van der Waals surface area (Å²) in [5, 5.41) is 2.49. The van der Waals surface area contributed by atoms with Crippen LogP contribution >= 0.6 is 0 Å². The topological polar surface area (TPSA) is 90.9 Å². The van der Waals surface area contributed by atoms with Crippen LogP contribution in [0.25, 0.3) is 0 Å². The van der Waals surface area contributed by atoms with Gasteiger partial charge in [-0.05, 0) is 52.3 Å². The Labute approximate surface area is 164 Å². The van der Waals surface area contributed by atoms with Crippen LogP contribution < -0.4 is 5.32 Å². The van der Waals surface area contributed by atoms with Crippen molar-refractivity contribution in [2.24, 2.45) is 5.92 Å². The molecule has 2 unspecified atom stereocenters. The minimum Gasteiger partial charge on any atom is -0.466 e. The highest BCUT2D eigenvalue weighted by atomic mass is 19.1. The highest BCUT2D eigenvalue weighted by Gasteiger charge is 2.38. The van der Waals surface area contributed by atoms with Gasteiger partial charge in [0.1, 0.15) is 11.4 Å². The first-order valence-electron chi connectivity index (χ1n) is 9.14. The number of amides is 1. The summed E-state index contributed by atoms with van der Waals surface area (Å²) in [5.74, 6) is -3.98. The quantitative estimate of drug-likeness (QED) is 0.535. The van der Waals surface area contributed by atoms with Crippen molar-refractivity contribution in [3.8, 4) is 0 Å². The molecule has 0 fully saturated rings. The maximum atomic E-state index is 13.3. The van der Waals surface area contributed by atoms with Gasteiger partial charge < -0.3 is 19.5 Å². The number of alkyl carbamates (subject to hydrolysis) is 1. The smallest absolute Gasteiger partial charge is 0.407 e. The van der Waals surface area contributed by atoms with E-state index in [1.165, 1.54) is 24.3 Å². The number of rotatable bonds is 8. The molecule has 8 heteroatoms. The molecule has 1 aromatic carbocycles. The Balaban J connectivity index is 3.15. The molecule has 2 atom stereocenters. The van der Waals surface area contributed by atoms with Crippen LogP contribution in [0.5, 0.6) is 0 Å². The minimum atomic E-state index is -1.07. The first kappa shape index (κ1) is 23.4. The van der Waals surface area contributed by atoms with Crippen molar-refractivity contribution < 1.29 is 33.0 Å². The molecular formula is C20H28FNO6. The number of nitrogens with one attached hydrogen (secondary N) is 1. The third-order valence-electron chi connectivity index (χ3n) is 3.63. The molecule has 0 bridgehead atoms. The van der Waals surface area contributed by atoms with Crippen molar-refractivity contribution in [2.45, 2.75) is 46.1 Å². The number of carbonyl (C=O) groups is 3. The SMILES string of the molecule is CCOC(=O)C(CNC(=O)OC(C)(C)C)C(C(=O)OCC)c1ccc(F)cc1. The lowest BCUT2D eigenvalue weighted by Gasteiger charge is -2.26. The van der Waals surface area contributed by atoms with Gasteiger partial charge in [0, 0.05) is 6.54 Å². The Morgan fingerprint density at radius 3 is 2.04 bits per heavy atom. The second-order valence-corrected chi connectivity index (χ2v) is 7.02. The minimum absolute atomic E-state index is 0.0980. The van der Waals surface area contributed by atoms with Gasteiger partial charge in [0.2, 0.25) is 0 Å². The molecule has 0 radical (unpaired) electrons. The summed E-state index contributed by atoms with van der Waals surface area (Å²) in [4.78, 5) is 37.1. The molecule has 0 aromatic heterocycles. The van der Waals surface area contributed by atoms with Crippen molar-refractivity contribution in [1.82, 2.24) is 5.32 Å². The van der Waals surface area contributed by atoms with Crippen LogP contribution in [0.4, 0.5) is 9.18 Å². The van der Waals surface area contributed by atoms with Crippen LogP contribution in [0, 0.1) is 11.7 Å². The van der Waals surface area contributed by atoms with Gasteiger partial charge in [0.15, 0.2) is 0 Å². The number of benzene rings is 1. The zero-order valence-electron chi connectivity index (χ0n) is 16.9. The molecule has 1 aromatic rings. The number of carbonyl (C=O) groups excluding carboxylic acids is 3. The van der Waals surface area contributed by atoms with Gasteiger partial charge in [0.05, 0.1) is 25.0 Å². The van der Waals surface area contributed by atoms with E-state index in [0.717, 1.165) is 0 Å². The summed E-state index contributed by atoms with van der Waals surface area (Å²) >= 11 is 0. The number of halogens is 1. The first-order chi connectivity index (χ1) is 13.1. The van der Waals surface area contributed by atoms with Crippen LogP contribution in [-0.2, 0) is 23.8 Å². The fraction of sp³-hybridized carbons (Fsp3) is 0.550. The number of hydrogen-bond donors (Lipinski definition) is 1. The third-order valence-corrected chi connectivity index (χ3v) is 3.63. The Morgan fingerprint density at radius 2 is 1.54 bits per heavy atom. The van der Waals surface area contributed by atoms with Crippen molar-refractivity contribution in [2.75, 3.05) is 19.8 Å². The largest absolute Gasteiger partial charge is 0.466 e. The predicted octanol–water partition coefficient (Wildman–Crippen LogP) is 3.18. The molecule has 0 aliphatic rings. The average Bonchev–Trinajstić information content (AvgIpc) is 2.58. The molecule has 0 saturated carbocycles. The Bertz CT molecular complexity index is 668. The standard InChI is InChI=1S/C20H28FNO6/c1-6-26-17(23)15(12-22-19(25)28-20(3,4)5)16(18(24)27-7-2)13-8-10-14(21)11-9-13/h8-11,15-16H,6-7,12H2,1-5H3,(H,22,25). The van der Waals surface area contributed by atoms with E-state index in [-0.39, 0.29) is 19.8 Å². The molecule has 1 N–H and O–H groups in total. The molecule has 1 amide bonds. The van der Waals surface area contributed by atoms with Crippen LogP contribution in [0.1, 0.15) is 46.1 Å². The van der Waals surface area contributed by atoms with E-state index in [2.05, 4.69) is 5.32 Å². The van der Waals surface area contributed by atoms with E-state index in [1.807, 2.05) is 0 Å². The molecule has 1 rings (SSSR count). The van der Waals surface area contributed by atoms with E-state index >= 15 is 0 Å². The second kappa shape index (κ2) is 10.6. The maximum absolute atomic E-state index is 13.3. The number of esters is 2. The van der Waals surface area contributed by atoms with Crippen molar-refractivity contribution in [1.29, 1.82) is 0 Å². The lowest BCUT2D eigenvalue weighted by molar-refractivity contribution is -0.156. The first-order valence-corrected chi connectivity index (χ1v) is 9.14. The Hall–Kier alpha value is -2.64. The average molecular weight is 397 g/mol. The van der Waals surface area contributed by atoms with E-state index in [1.54, 1.807) is 34.6 Å². The zero-order chi connectivity index (χ0) is 21.3. The van der Waals surface area contributed by atoms with E-state index in [0.29, 0.717) is 5.56 Å². The molecular weight excluding hydrogens is 369 g/mol. The summed E-state index contributed by atoms with van der Waals surface area (Å²) in [7, 11) is 0. The molecule has 0 saturated heterocycles. The summed E-state index contributed by atoms with van der Waals surface area (Å²) in [6.07, 6.45) is -0.733. The van der Waals surface area contributed by atoms with Crippen LogP contribution in [0.15, 0.2) is 24.3 Å². The molecule has 28 heavy (non-hydrogen) atoms. The van der Waals surface area contributed by atoms with Crippen molar-refractivity contribution in [3.05, 3.63) is 35.6 Å². The Kier molecular flexibility index (Phi) is 8.88. The zero-order valence-corrected chi connectivity index (χ0v) is 16.9. The van der Waals surface area contributed by atoms with Crippen molar-refractivity contribution >= 4 is 18.0 Å². The summed E-state index contributed by atoms with van der Waals surface area (Å²) in [5.41, 5.74) is -0.343. The van der Waals surface area contributed by atoms with Gasteiger partial charge >= 0.3 is 18.0 Å². The predicted molar refractivity (Wildman–Crippen MR) is 100 cm³/mol. The normalized spacial score (nSPS) is 13.2. The van der Waals surface area contributed by atoms with Crippen LogP contribution in [-0.4, -0.2) is 43.4 Å². The molecule has 0 aliphatic carbocycles. The molecule has 156 valence electrons. The third kappa shape index (κ3) is 7.54. The van der Waals surface area contributed by atoms with Gasteiger partial charge in [-0.1, -0.05) is 12.1 Å². The monoisotopic (exact) mass is 397 g/mol. The van der Waals surface area contributed by atoms with Crippen LogP contribution in [0.3, 0.4) is 0 Å². The number of hydrogen-bond acceptors (Lipinski definition) is 6. The summed E-state index contributed by atoms with van der Waals surface area (Å²) in [6.45, 7) is 8.37. The van der Waals surface area contributed by atoms with Gasteiger partial charge in [-0.2, -0.15) is 0 Å². The lowest BCUT2D eigenvalue weighted by atomic mass is 9.85. The highest BCUT2D eigenvalue weighted by molar-refractivity contribution is 5.87. The van der Waals surface area contributed by atoms with E-state index < -0.39 is 41.3 Å². The summed E-state index contributed by atoms with van der Waals surface area (Å²) in [6, 6.07) is 5.17. The second-order valence-electron chi connectivity index (χ2n) is 7.02. The number of ether oxygens (including phenoxy) is 3.